The quantitative estimate of drug-likeness (QED) is 0.864. The maximum Gasteiger partial charge on any atom is 0.416 e. The van der Waals surface area contributed by atoms with Gasteiger partial charge in [-0.3, -0.25) is 4.90 Å². The van der Waals surface area contributed by atoms with Crippen LogP contribution in [0.5, 0.6) is 0 Å². The minimum atomic E-state index is -4.32. The van der Waals surface area contributed by atoms with E-state index >= 15 is 0 Å². The Kier molecular flexibility index (Phi) is 4.96. The van der Waals surface area contributed by atoms with Crippen LogP contribution in [0.4, 0.5) is 13.2 Å². The number of nitrogens with zero attached hydrogens (tertiary/aromatic N) is 1. The highest BCUT2D eigenvalue weighted by atomic mass is 19.4. The van der Waals surface area contributed by atoms with E-state index in [0.717, 1.165) is 6.07 Å². The van der Waals surface area contributed by atoms with Crippen LogP contribution in [0.15, 0.2) is 24.3 Å². The molecule has 1 aromatic carbocycles. The molecule has 1 aromatic rings. The van der Waals surface area contributed by atoms with Crippen molar-refractivity contribution in [2.75, 3.05) is 19.7 Å². The summed E-state index contributed by atoms with van der Waals surface area (Å²) < 4.78 is 38.2. The number of aliphatic hydroxyl groups excluding tert-OH is 1. The Morgan fingerprint density at radius 3 is 2.41 bits per heavy atom. The molecule has 0 aromatic heterocycles. The van der Waals surface area contributed by atoms with Crippen LogP contribution in [0.2, 0.25) is 0 Å². The number of hydrogen-bond acceptors (Lipinski definition) is 2. The molecule has 96 valence electrons. The molecule has 0 saturated heterocycles. The molecule has 5 heteroatoms. The van der Waals surface area contributed by atoms with Crippen molar-refractivity contribution < 1.29 is 18.3 Å². The molecule has 0 unspecified atom stereocenters. The first-order valence-corrected chi connectivity index (χ1v) is 5.47. The van der Waals surface area contributed by atoms with Gasteiger partial charge in [-0.15, -0.1) is 0 Å². The Balaban J connectivity index is 2.90. The minimum absolute atomic E-state index is 0.0535. The summed E-state index contributed by atoms with van der Waals surface area (Å²) in [6.45, 7) is 2.98. The van der Waals surface area contributed by atoms with Crippen molar-refractivity contribution in [3.05, 3.63) is 35.4 Å². The average molecular weight is 247 g/mol. The monoisotopic (exact) mass is 247 g/mol. The van der Waals surface area contributed by atoms with E-state index in [4.69, 9.17) is 5.11 Å². The van der Waals surface area contributed by atoms with E-state index in [1.54, 1.807) is 11.0 Å². The zero-order chi connectivity index (χ0) is 12.9. The number of halogens is 3. The fourth-order valence-electron chi connectivity index (χ4n) is 1.67. The molecule has 0 aliphatic rings. The van der Waals surface area contributed by atoms with Gasteiger partial charge < -0.3 is 5.11 Å². The predicted octanol–water partition coefficient (Wildman–Crippen LogP) is 2.52. The second-order valence-corrected chi connectivity index (χ2v) is 3.75. The molecule has 0 heterocycles. The van der Waals surface area contributed by atoms with Crippen molar-refractivity contribution in [3.63, 3.8) is 0 Å². The van der Waals surface area contributed by atoms with Crippen LogP contribution in [0.3, 0.4) is 0 Å². The maximum absolute atomic E-state index is 12.7. The molecular weight excluding hydrogens is 231 g/mol. The molecule has 0 amide bonds. The van der Waals surface area contributed by atoms with E-state index in [9.17, 15) is 13.2 Å². The van der Waals surface area contributed by atoms with Gasteiger partial charge in [0.2, 0.25) is 0 Å². The van der Waals surface area contributed by atoms with E-state index < -0.39 is 11.7 Å². The van der Waals surface area contributed by atoms with E-state index in [1.165, 1.54) is 12.1 Å². The third-order valence-electron chi connectivity index (χ3n) is 2.58. The summed E-state index contributed by atoms with van der Waals surface area (Å²) in [4.78, 5) is 1.77. The number of rotatable bonds is 5. The lowest BCUT2D eigenvalue weighted by atomic mass is 10.1. The second kappa shape index (κ2) is 6.02. The first kappa shape index (κ1) is 14.0. The average Bonchev–Trinajstić information content (AvgIpc) is 2.27. The topological polar surface area (TPSA) is 23.5 Å². The summed E-state index contributed by atoms with van der Waals surface area (Å²) in [5.41, 5.74) is -0.355. The van der Waals surface area contributed by atoms with E-state index in [0.29, 0.717) is 13.1 Å². The van der Waals surface area contributed by atoms with E-state index in [2.05, 4.69) is 0 Å². The van der Waals surface area contributed by atoms with Crippen LogP contribution >= 0.6 is 0 Å². The fourth-order valence-corrected chi connectivity index (χ4v) is 1.67. The largest absolute Gasteiger partial charge is 0.416 e. The standard InChI is InChI=1S/C12H16F3NO/c1-2-16(7-8-17)9-10-5-3-4-6-11(10)12(13,14)15/h3-6,17H,2,7-9H2,1H3. The molecule has 17 heavy (non-hydrogen) atoms. The van der Waals surface area contributed by atoms with Crippen molar-refractivity contribution in [2.45, 2.75) is 19.6 Å². The van der Waals surface area contributed by atoms with Gasteiger partial charge in [0.25, 0.3) is 0 Å². The molecule has 0 fully saturated rings. The molecule has 1 rings (SSSR count). The smallest absolute Gasteiger partial charge is 0.395 e. The molecule has 0 bridgehead atoms. The Morgan fingerprint density at radius 1 is 1.24 bits per heavy atom. The maximum atomic E-state index is 12.7. The summed E-state index contributed by atoms with van der Waals surface area (Å²) in [6.07, 6.45) is -4.32. The van der Waals surface area contributed by atoms with Crippen LogP contribution < -0.4 is 0 Å². The van der Waals surface area contributed by atoms with Crippen molar-refractivity contribution in [1.82, 2.24) is 4.90 Å². The van der Waals surface area contributed by atoms with Crippen LogP contribution in [-0.4, -0.2) is 29.7 Å². The van der Waals surface area contributed by atoms with Crippen LogP contribution in [0, 0.1) is 0 Å². The minimum Gasteiger partial charge on any atom is -0.395 e. The first-order chi connectivity index (χ1) is 7.99. The summed E-state index contributed by atoms with van der Waals surface area (Å²) in [5, 5.41) is 8.81. The summed E-state index contributed by atoms with van der Waals surface area (Å²) in [7, 11) is 0. The molecular formula is C12H16F3NO. The molecule has 0 radical (unpaired) electrons. The van der Waals surface area contributed by atoms with Crippen LogP contribution in [-0.2, 0) is 12.7 Å². The third kappa shape index (κ3) is 4.02. The van der Waals surface area contributed by atoms with Crippen molar-refractivity contribution in [2.24, 2.45) is 0 Å². The number of likely N-dealkylation sites (N-methyl/N-ethyl adjacent to an activating group) is 1. The van der Waals surface area contributed by atoms with Gasteiger partial charge in [0, 0.05) is 13.1 Å². The van der Waals surface area contributed by atoms with Crippen LogP contribution in [0.25, 0.3) is 0 Å². The molecule has 0 aliphatic carbocycles. The first-order valence-electron chi connectivity index (χ1n) is 5.47. The summed E-state index contributed by atoms with van der Waals surface area (Å²) >= 11 is 0. The van der Waals surface area contributed by atoms with Gasteiger partial charge >= 0.3 is 6.18 Å². The van der Waals surface area contributed by atoms with Gasteiger partial charge in [0.15, 0.2) is 0 Å². The lowest BCUT2D eigenvalue weighted by molar-refractivity contribution is -0.138. The normalized spacial score (nSPS) is 12.1. The third-order valence-corrected chi connectivity index (χ3v) is 2.58. The van der Waals surface area contributed by atoms with Gasteiger partial charge in [0.1, 0.15) is 0 Å². The molecule has 0 spiro atoms. The number of hydrogen-bond donors (Lipinski definition) is 1. The molecule has 0 aliphatic heterocycles. The van der Waals surface area contributed by atoms with Gasteiger partial charge in [-0.05, 0) is 18.2 Å². The summed E-state index contributed by atoms with van der Waals surface area (Å²) in [6, 6.07) is 5.54. The highest BCUT2D eigenvalue weighted by Crippen LogP contribution is 2.32. The lowest BCUT2D eigenvalue weighted by Crippen LogP contribution is -2.27. The van der Waals surface area contributed by atoms with Crippen molar-refractivity contribution in [3.8, 4) is 0 Å². The Hall–Kier alpha value is -1.07. The predicted molar refractivity (Wildman–Crippen MR) is 59.5 cm³/mol. The molecule has 2 nitrogen and oxygen atoms in total. The van der Waals surface area contributed by atoms with Gasteiger partial charge in [0.05, 0.1) is 12.2 Å². The SMILES string of the molecule is CCN(CCO)Cc1ccccc1C(F)(F)F. The number of benzene rings is 1. The van der Waals surface area contributed by atoms with Crippen LogP contribution in [0.1, 0.15) is 18.1 Å². The molecule has 0 atom stereocenters. The zero-order valence-corrected chi connectivity index (χ0v) is 9.67. The Bertz CT molecular complexity index is 352. The summed E-state index contributed by atoms with van der Waals surface area (Å²) in [5.74, 6) is 0. The Morgan fingerprint density at radius 2 is 1.88 bits per heavy atom. The van der Waals surface area contributed by atoms with Gasteiger partial charge in [-0.25, -0.2) is 0 Å². The van der Waals surface area contributed by atoms with Crippen molar-refractivity contribution >= 4 is 0 Å². The molecule has 1 N–H and O–H groups in total. The fraction of sp³-hybridized carbons (Fsp3) is 0.500. The van der Waals surface area contributed by atoms with Gasteiger partial charge in [-0.2, -0.15) is 13.2 Å². The van der Waals surface area contributed by atoms with Gasteiger partial charge in [-0.1, -0.05) is 25.1 Å². The second-order valence-electron chi connectivity index (χ2n) is 3.75. The van der Waals surface area contributed by atoms with E-state index in [-0.39, 0.29) is 18.7 Å². The number of aliphatic hydroxyl groups is 1. The highest BCUT2D eigenvalue weighted by molar-refractivity contribution is 5.29. The Labute approximate surface area is 98.7 Å². The van der Waals surface area contributed by atoms with Crippen molar-refractivity contribution in [1.29, 1.82) is 0 Å². The highest BCUT2D eigenvalue weighted by Gasteiger charge is 2.32. The lowest BCUT2D eigenvalue weighted by Gasteiger charge is -2.21. The zero-order valence-electron chi connectivity index (χ0n) is 9.67. The molecule has 0 saturated carbocycles. The van der Waals surface area contributed by atoms with E-state index in [1.807, 2.05) is 6.92 Å². The number of alkyl halides is 3.